The van der Waals surface area contributed by atoms with Crippen LogP contribution in [0.4, 0.5) is 5.69 Å². The van der Waals surface area contributed by atoms with E-state index in [-0.39, 0.29) is 11.5 Å². The van der Waals surface area contributed by atoms with Gasteiger partial charge in [-0.05, 0) is 63.6 Å². The Kier molecular flexibility index (Phi) is 6.83. The number of thiazole rings is 1. The largest absolute Gasteiger partial charge is 0.322 e. The van der Waals surface area contributed by atoms with E-state index in [1.54, 1.807) is 4.57 Å². The molecular formula is C28H26BrN5O2S. The number of hydrogen-bond acceptors (Lipinski definition) is 5. The number of anilines is 1. The number of carbonyl (C=O) groups excluding carboxylic acids is 1. The Bertz CT molecular complexity index is 1710. The first-order valence-corrected chi connectivity index (χ1v) is 13.6. The second kappa shape index (κ2) is 10.1. The van der Waals surface area contributed by atoms with Crippen LogP contribution >= 0.6 is 27.3 Å². The molecule has 7 nitrogen and oxygen atoms in total. The van der Waals surface area contributed by atoms with Crippen molar-refractivity contribution in [2.75, 3.05) is 5.32 Å². The lowest BCUT2D eigenvalue weighted by Crippen LogP contribution is -2.40. The topological polar surface area (TPSA) is 81.3 Å². The maximum absolute atomic E-state index is 13.9. The summed E-state index contributed by atoms with van der Waals surface area (Å²) in [6.07, 6.45) is 1.90. The molecule has 2 aromatic heterocycles. The van der Waals surface area contributed by atoms with Crippen LogP contribution < -0.4 is 20.2 Å². The molecule has 1 unspecified atom stereocenters. The number of aryl methyl sites for hydroxylation is 2. The lowest BCUT2D eigenvalue weighted by molar-refractivity contribution is -0.113. The van der Waals surface area contributed by atoms with E-state index in [4.69, 9.17) is 4.99 Å². The number of hydrogen-bond donors (Lipinski definition) is 1. The van der Waals surface area contributed by atoms with Crippen molar-refractivity contribution in [2.24, 2.45) is 4.99 Å². The lowest BCUT2D eigenvalue weighted by atomic mass is 9.95. The number of nitrogens with one attached hydrogen (secondary N) is 1. The number of fused-ring (bicyclic) bond motifs is 1. The predicted molar refractivity (Wildman–Crippen MR) is 150 cm³/mol. The molecule has 0 aliphatic carbocycles. The summed E-state index contributed by atoms with van der Waals surface area (Å²) in [6, 6.07) is 16.4. The van der Waals surface area contributed by atoms with E-state index < -0.39 is 6.04 Å². The second-order valence-electron chi connectivity index (χ2n) is 8.85. The van der Waals surface area contributed by atoms with Gasteiger partial charge in [0.1, 0.15) is 0 Å². The standard InChI is InChI=1S/C28H26BrN5O2S/c1-5-33-18(4)22(16(2)32-33)15-23-27(36)34-25(19-11-13-20(29)14-12-19)24(17(3)30-28(34)37-23)26(35)31-21-9-7-6-8-10-21/h6-15,25H,5H2,1-4H3,(H,31,35). The maximum atomic E-state index is 13.9. The highest BCUT2D eigenvalue weighted by atomic mass is 79.9. The van der Waals surface area contributed by atoms with Crippen molar-refractivity contribution in [1.82, 2.24) is 14.3 Å². The van der Waals surface area contributed by atoms with Crippen LogP contribution in [0.5, 0.6) is 0 Å². The molecule has 3 heterocycles. The fourth-order valence-corrected chi connectivity index (χ4v) is 5.94. The Hall–Kier alpha value is -3.56. The summed E-state index contributed by atoms with van der Waals surface area (Å²) >= 11 is 4.82. The number of halogens is 1. The molecule has 188 valence electrons. The van der Waals surface area contributed by atoms with Crippen molar-refractivity contribution in [3.63, 3.8) is 0 Å². The fourth-order valence-electron chi connectivity index (χ4n) is 4.65. The Balaban J connectivity index is 1.69. The van der Waals surface area contributed by atoms with Gasteiger partial charge in [0.25, 0.3) is 11.5 Å². The highest BCUT2D eigenvalue weighted by Crippen LogP contribution is 2.31. The molecule has 5 rings (SSSR count). The van der Waals surface area contributed by atoms with E-state index in [2.05, 4.69) is 26.3 Å². The monoisotopic (exact) mass is 575 g/mol. The third-order valence-corrected chi connectivity index (χ3v) is 8.01. The normalized spacial score (nSPS) is 15.5. The van der Waals surface area contributed by atoms with Gasteiger partial charge in [-0.2, -0.15) is 5.10 Å². The maximum Gasteiger partial charge on any atom is 0.271 e. The number of carbonyl (C=O) groups is 1. The van der Waals surface area contributed by atoms with Gasteiger partial charge in [-0.15, -0.1) is 0 Å². The molecule has 9 heteroatoms. The number of amides is 1. The van der Waals surface area contributed by atoms with Gasteiger partial charge < -0.3 is 5.32 Å². The molecule has 1 amide bonds. The van der Waals surface area contributed by atoms with Crippen molar-refractivity contribution in [3.8, 4) is 0 Å². The van der Waals surface area contributed by atoms with Gasteiger partial charge >= 0.3 is 0 Å². The average Bonchev–Trinajstić information content (AvgIpc) is 3.34. The molecule has 0 fully saturated rings. The zero-order chi connectivity index (χ0) is 26.3. The summed E-state index contributed by atoms with van der Waals surface area (Å²) in [5, 5.41) is 7.56. The number of nitrogens with zero attached hydrogens (tertiary/aromatic N) is 4. The number of para-hydroxylation sites is 1. The Morgan fingerprint density at radius 2 is 1.81 bits per heavy atom. The summed E-state index contributed by atoms with van der Waals surface area (Å²) < 4.78 is 5.04. The van der Waals surface area contributed by atoms with Crippen LogP contribution in [0.3, 0.4) is 0 Å². The molecule has 1 N–H and O–H groups in total. The van der Waals surface area contributed by atoms with Gasteiger partial charge in [0.05, 0.1) is 27.5 Å². The zero-order valence-corrected chi connectivity index (χ0v) is 23.4. The minimum atomic E-state index is -0.615. The van der Waals surface area contributed by atoms with Gasteiger partial charge in [0.15, 0.2) is 4.80 Å². The molecule has 0 spiro atoms. The van der Waals surface area contributed by atoms with Crippen LogP contribution in [0, 0.1) is 13.8 Å². The van der Waals surface area contributed by atoms with E-state index in [1.165, 1.54) is 11.3 Å². The van der Waals surface area contributed by atoms with E-state index >= 15 is 0 Å². The molecule has 4 aromatic rings. The summed E-state index contributed by atoms with van der Waals surface area (Å²) in [7, 11) is 0. The summed E-state index contributed by atoms with van der Waals surface area (Å²) in [6.45, 7) is 8.57. The number of aromatic nitrogens is 3. The Morgan fingerprint density at radius 3 is 2.46 bits per heavy atom. The zero-order valence-electron chi connectivity index (χ0n) is 20.9. The molecule has 1 aliphatic rings. The van der Waals surface area contributed by atoms with Crippen LogP contribution in [0.15, 0.2) is 80.1 Å². The smallest absolute Gasteiger partial charge is 0.271 e. The van der Waals surface area contributed by atoms with Crippen LogP contribution in [-0.4, -0.2) is 20.3 Å². The molecule has 1 aliphatic heterocycles. The summed E-state index contributed by atoms with van der Waals surface area (Å²) in [5.41, 5.74) is 5.16. The molecule has 0 saturated heterocycles. The number of rotatable bonds is 5. The van der Waals surface area contributed by atoms with Gasteiger partial charge in [-0.25, -0.2) is 4.99 Å². The first-order chi connectivity index (χ1) is 17.8. The van der Waals surface area contributed by atoms with Crippen molar-refractivity contribution in [3.05, 3.63) is 113 Å². The molecule has 2 aromatic carbocycles. The van der Waals surface area contributed by atoms with Crippen molar-refractivity contribution < 1.29 is 4.79 Å². The van der Waals surface area contributed by atoms with Crippen molar-refractivity contribution in [1.29, 1.82) is 0 Å². The van der Waals surface area contributed by atoms with Gasteiger partial charge in [0, 0.05) is 28.0 Å². The summed E-state index contributed by atoms with van der Waals surface area (Å²) in [4.78, 5) is 32.8. The predicted octanol–water partition coefficient (Wildman–Crippen LogP) is 4.47. The van der Waals surface area contributed by atoms with Gasteiger partial charge in [-0.1, -0.05) is 57.6 Å². The number of benzene rings is 2. The Labute approximate surface area is 226 Å². The molecule has 0 radical (unpaired) electrons. The minimum absolute atomic E-state index is 0.183. The van der Waals surface area contributed by atoms with Crippen molar-refractivity contribution in [2.45, 2.75) is 40.3 Å². The van der Waals surface area contributed by atoms with Crippen LogP contribution in [-0.2, 0) is 11.3 Å². The van der Waals surface area contributed by atoms with Crippen LogP contribution in [0.1, 0.15) is 42.4 Å². The average molecular weight is 577 g/mol. The highest BCUT2D eigenvalue weighted by molar-refractivity contribution is 9.10. The fraction of sp³-hybridized carbons (Fsp3) is 0.214. The lowest BCUT2D eigenvalue weighted by Gasteiger charge is -2.25. The van der Waals surface area contributed by atoms with E-state index in [0.29, 0.717) is 26.3 Å². The van der Waals surface area contributed by atoms with Gasteiger partial charge in [-0.3, -0.25) is 18.8 Å². The second-order valence-corrected chi connectivity index (χ2v) is 10.8. The van der Waals surface area contributed by atoms with E-state index in [9.17, 15) is 9.59 Å². The summed E-state index contributed by atoms with van der Waals surface area (Å²) in [5.74, 6) is -0.287. The van der Waals surface area contributed by atoms with E-state index in [0.717, 1.165) is 33.5 Å². The minimum Gasteiger partial charge on any atom is -0.322 e. The number of allylic oxidation sites excluding steroid dienone is 1. The Morgan fingerprint density at radius 1 is 1.11 bits per heavy atom. The highest BCUT2D eigenvalue weighted by Gasteiger charge is 2.32. The van der Waals surface area contributed by atoms with Crippen molar-refractivity contribution >= 4 is 44.9 Å². The van der Waals surface area contributed by atoms with Crippen LogP contribution in [0.2, 0.25) is 0 Å². The quantitative estimate of drug-likeness (QED) is 0.381. The van der Waals surface area contributed by atoms with Gasteiger partial charge in [0.2, 0.25) is 0 Å². The third kappa shape index (κ3) is 4.65. The molecule has 0 bridgehead atoms. The first-order valence-electron chi connectivity index (χ1n) is 12.0. The SMILES string of the molecule is CCn1nc(C)c(C=c2sc3n(c2=O)C(c2ccc(Br)cc2)C(C(=O)Nc2ccccc2)=C(C)N=3)c1C. The van der Waals surface area contributed by atoms with Crippen LogP contribution in [0.25, 0.3) is 6.08 Å². The van der Waals surface area contributed by atoms with E-state index in [1.807, 2.05) is 93.1 Å². The molecular weight excluding hydrogens is 550 g/mol. The first kappa shape index (κ1) is 25.1. The molecule has 1 atom stereocenters. The molecule has 0 saturated carbocycles. The molecule has 37 heavy (non-hydrogen) atoms. The third-order valence-electron chi connectivity index (χ3n) is 6.50.